The van der Waals surface area contributed by atoms with Gasteiger partial charge in [-0.25, -0.2) is 9.97 Å². The van der Waals surface area contributed by atoms with Gasteiger partial charge in [0.25, 0.3) is 0 Å². The topological polar surface area (TPSA) is 93.6 Å². The van der Waals surface area contributed by atoms with Crippen LogP contribution in [0.15, 0.2) is 24.3 Å². The molecule has 7 nitrogen and oxygen atoms in total. The largest absolute Gasteiger partial charge is 0.481 e. The van der Waals surface area contributed by atoms with Gasteiger partial charge in [-0.1, -0.05) is 6.07 Å². The second-order valence-corrected chi connectivity index (χ2v) is 9.54. The summed E-state index contributed by atoms with van der Waals surface area (Å²) >= 11 is 0.605. The predicted octanol–water partition coefficient (Wildman–Crippen LogP) is 5.45. The van der Waals surface area contributed by atoms with Gasteiger partial charge in [0.1, 0.15) is 21.3 Å². The fraction of sp³-hybridized carbons (Fsp3) is 0.435. The zero-order valence-electron chi connectivity index (χ0n) is 18.0. The lowest BCUT2D eigenvalue weighted by molar-refractivity contribution is -0.143. The third kappa shape index (κ3) is 4.61. The quantitative estimate of drug-likeness (QED) is 0.472. The number of alkyl halides is 3. The number of aliphatic carboxylic acids is 1. The standard InChI is InChI=1S/C23H22F3N3O4S/c24-23(25,26)18-10-15-20(27-8-7-12-1-6-16-17(9-12)33-11-32-16)28-19(29-21(15)34-18)13-2-4-14(5-3-13)22(30)31/h1,6,9-10,13-14H,2-5,7-8,11H2,(H,30,31)(H,27,28,29). The minimum Gasteiger partial charge on any atom is -0.481 e. The lowest BCUT2D eigenvalue weighted by Gasteiger charge is -2.25. The predicted molar refractivity (Wildman–Crippen MR) is 120 cm³/mol. The van der Waals surface area contributed by atoms with Crippen LogP contribution < -0.4 is 14.8 Å². The lowest BCUT2D eigenvalue weighted by Crippen LogP contribution is -2.21. The van der Waals surface area contributed by atoms with Gasteiger partial charge in [0.05, 0.1) is 11.3 Å². The van der Waals surface area contributed by atoms with Crippen LogP contribution in [0.1, 0.15) is 47.9 Å². The molecule has 1 aromatic carbocycles. The molecule has 1 fully saturated rings. The summed E-state index contributed by atoms with van der Waals surface area (Å²) in [6.45, 7) is 0.640. The van der Waals surface area contributed by atoms with E-state index < -0.39 is 22.9 Å². The van der Waals surface area contributed by atoms with Crippen LogP contribution in [0.4, 0.5) is 19.0 Å². The van der Waals surface area contributed by atoms with Gasteiger partial charge in [0, 0.05) is 12.5 Å². The van der Waals surface area contributed by atoms with E-state index in [1.165, 1.54) is 0 Å². The molecule has 0 bridgehead atoms. The van der Waals surface area contributed by atoms with Crippen molar-refractivity contribution < 1.29 is 32.5 Å². The Labute approximate surface area is 196 Å². The van der Waals surface area contributed by atoms with Gasteiger partial charge < -0.3 is 19.9 Å². The van der Waals surface area contributed by atoms with E-state index in [0.717, 1.165) is 11.6 Å². The number of carbonyl (C=O) groups is 1. The minimum atomic E-state index is -4.46. The van der Waals surface area contributed by atoms with Crippen LogP contribution in [0.5, 0.6) is 11.5 Å². The molecule has 1 aliphatic carbocycles. The van der Waals surface area contributed by atoms with Crippen LogP contribution in [0, 0.1) is 5.92 Å². The molecule has 0 amide bonds. The molecule has 5 rings (SSSR count). The molecule has 0 atom stereocenters. The van der Waals surface area contributed by atoms with E-state index >= 15 is 0 Å². The van der Waals surface area contributed by atoms with Crippen LogP contribution in [0.2, 0.25) is 0 Å². The first-order chi connectivity index (χ1) is 16.3. The van der Waals surface area contributed by atoms with Crippen molar-refractivity contribution in [1.29, 1.82) is 0 Å². The summed E-state index contributed by atoms with van der Waals surface area (Å²) in [5, 5.41) is 12.8. The third-order valence-corrected chi connectivity index (χ3v) is 7.35. The first-order valence-electron chi connectivity index (χ1n) is 11.0. The highest BCUT2D eigenvalue weighted by molar-refractivity contribution is 7.18. The average Bonchev–Trinajstić information content (AvgIpc) is 3.45. The molecule has 2 aromatic heterocycles. The highest BCUT2D eigenvalue weighted by atomic mass is 32.1. The molecule has 0 saturated heterocycles. The van der Waals surface area contributed by atoms with Crippen molar-refractivity contribution >= 4 is 33.3 Å². The number of thiophene rings is 1. The summed E-state index contributed by atoms with van der Waals surface area (Å²) in [6.07, 6.45) is -1.65. The number of fused-ring (bicyclic) bond motifs is 2. The zero-order valence-corrected chi connectivity index (χ0v) is 18.8. The Bertz CT molecular complexity index is 1220. The number of ether oxygens (including phenoxy) is 2. The van der Waals surface area contributed by atoms with Crippen molar-refractivity contribution in [2.45, 2.75) is 44.2 Å². The molecule has 1 aliphatic heterocycles. The van der Waals surface area contributed by atoms with Gasteiger partial charge in [-0.15, -0.1) is 11.3 Å². The molecule has 34 heavy (non-hydrogen) atoms. The van der Waals surface area contributed by atoms with E-state index in [0.29, 0.717) is 78.5 Å². The lowest BCUT2D eigenvalue weighted by atomic mass is 9.81. The number of hydrogen-bond acceptors (Lipinski definition) is 7. The summed E-state index contributed by atoms with van der Waals surface area (Å²) in [7, 11) is 0. The van der Waals surface area contributed by atoms with E-state index in [4.69, 9.17) is 9.47 Å². The summed E-state index contributed by atoms with van der Waals surface area (Å²) in [6, 6.07) is 6.73. The van der Waals surface area contributed by atoms with Crippen LogP contribution in [0.25, 0.3) is 10.2 Å². The third-order valence-electron chi connectivity index (χ3n) is 6.27. The highest BCUT2D eigenvalue weighted by Gasteiger charge is 2.34. The second kappa shape index (κ2) is 8.94. The van der Waals surface area contributed by atoms with Gasteiger partial charge >= 0.3 is 12.1 Å². The Morgan fingerprint density at radius 1 is 1.12 bits per heavy atom. The SMILES string of the molecule is O=C(O)C1CCC(c2nc(NCCc3ccc4c(c3)OCO4)c3cc(C(F)(F)F)sc3n2)CC1. The second-order valence-electron chi connectivity index (χ2n) is 8.51. The van der Waals surface area contributed by atoms with Crippen LogP contribution in [-0.2, 0) is 17.4 Å². The summed E-state index contributed by atoms with van der Waals surface area (Å²) in [5.41, 5.74) is 0.996. The maximum Gasteiger partial charge on any atom is 0.425 e. The van der Waals surface area contributed by atoms with Crippen molar-refractivity contribution in [2.75, 3.05) is 18.7 Å². The number of hydrogen-bond donors (Lipinski definition) is 2. The molecule has 2 aliphatic rings. The Morgan fingerprint density at radius 3 is 2.62 bits per heavy atom. The van der Waals surface area contributed by atoms with Crippen molar-refractivity contribution in [1.82, 2.24) is 9.97 Å². The van der Waals surface area contributed by atoms with Crippen molar-refractivity contribution in [2.24, 2.45) is 5.92 Å². The van der Waals surface area contributed by atoms with Crippen LogP contribution in [-0.4, -0.2) is 34.4 Å². The normalized spacial score (nSPS) is 20.0. The number of carboxylic acid groups (broad SMARTS) is 1. The van der Waals surface area contributed by atoms with Gasteiger partial charge in [-0.2, -0.15) is 13.2 Å². The summed E-state index contributed by atoms with van der Waals surface area (Å²) < 4.78 is 50.8. The number of anilines is 1. The minimum absolute atomic E-state index is 0.0779. The van der Waals surface area contributed by atoms with Gasteiger partial charge in [-0.05, 0) is 55.9 Å². The number of aromatic nitrogens is 2. The molecule has 2 N–H and O–H groups in total. The van der Waals surface area contributed by atoms with E-state index in [1.807, 2.05) is 18.2 Å². The van der Waals surface area contributed by atoms with Crippen LogP contribution >= 0.6 is 11.3 Å². The van der Waals surface area contributed by atoms with Gasteiger partial charge in [-0.3, -0.25) is 4.79 Å². The maximum absolute atomic E-state index is 13.4. The Morgan fingerprint density at radius 2 is 1.88 bits per heavy atom. The zero-order chi connectivity index (χ0) is 23.9. The Kier molecular flexibility index (Phi) is 5.97. The molecule has 11 heteroatoms. The van der Waals surface area contributed by atoms with E-state index in [9.17, 15) is 23.1 Å². The molecular formula is C23H22F3N3O4S. The molecule has 0 unspecified atom stereocenters. The monoisotopic (exact) mass is 493 g/mol. The smallest absolute Gasteiger partial charge is 0.425 e. The molecule has 180 valence electrons. The first-order valence-corrected chi connectivity index (χ1v) is 11.8. The highest BCUT2D eigenvalue weighted by Crippen LogP contribution is 2.41. The van der Waals surface area contributed by atoms with Crippen molar-refractivity contribution in [3.8, 4) is 11.5 Å². The number of nitrogens with zero attached hydrogens (tertiary/aromatic N) is 2. The number of rotatable bonds is 6. The summed E-state index contributed by atoms with van der Waals surface area (Å²) in [4.78, 5) is 19.9. The van der Waals surface area contributed by atoms with Gasteiger partial charge in [0.2, 0.25) is 6.79 Å². The summed E-state index contributed by atoms with van der Waals surface area (Å²) in [5.74, 6) is 0.922. The van der Waals surface area contributed by atoms with Crippen LogP contribution in [0.3, 0.4) is 0 Å². The van der Waals surface area contributed by atoms with E-state index in [1.54, 1.807) is 0 Å². The molecule has 3 aromatic rings. The Balaban J connectivity index is 1.38. The molecule has 3 heterocycles. The van der Waals surface area contributed by atoms with Crippen molar-refractivity contribution in [3.05, 3.63) is 40.5 Å². The molecule has 1 saturated carbocycles. The molecule has 0 spiro atoms. The molecule has 0 radical (unpaired) electrons. The number of nitrogens with one attached hydrogen (secondary N) is 1. The van der Waals surface area contributed by atoms with Gasteiger partial charge in [0.15, 0.2) is 11.5 Å². The average molecular weight is 494 g/mol. The first kappa shape index (κ1) is 22.7. The number of carboxylic acids is 1. The van der Waals surface area contributed by atoms with E-state index in [-0.39, 0.29) is 17.5 Å². The molecular weight excluding hydrogens is 471 g/mol. The van der Waals surface area contributed by atoms with Crippen molar-refractivity contribution in [3.63, 3.8) is 0 Å². The number of halogens is 3. The van der Waals surface area contributed by atoms with E-state index in [2.05, 4.69) is 15.3 Å². The maximum atomic E-state index is 13.4. The number of benzene rings is 1. The fourth-order valence-corrected chi connectivity index (χ4v) is 5.32. The Hall–Kier alpha value is -3.08. The fourth-order valence-electron chi connectivity index (χ4n) is 4.42.